The van der Waals surface area contributed by atoms with Crippen molar-refractivity contribution < 1.29 is 15.0 Å². The Morgan fingerprint density at radius 3 is 2.56 bits per heavy atom. The first-order chi connectivity index (χ1) is 8.27. The van der Waals surface area contributed by atoms with E-state index in [2.05, 4.69) is 6.92 Å². The normalized spacial score (nSPS) is 40.2. The number of aldehydes is 1. The zero-order valence-corrected chi connectivity index (χ0v) is 11.7. The number of aliphatic hydroxyl groups excluding tert-OH is 1. The Labute approximate surface area is 109 Å². The van der Waals surface area contributed by atoms with E-state index in [0.29, 0.717) is 0 Å². The molecule has 0 aromatic rings. The summed E-state index contributed by atoms with van der Waals surface area (Å²) in [4.78, 5) is 11.4. The smallest absolute Gasteiger partial charge is 0.146 e. The largest absolute Gasteiger partial charge is 0.396 e. The predicted molar refractivity (Wildman–Crippen MR) is 70.0 cm³/mol. The molecule has 0 amide bonds. The molecule has 2 bridgehead atoms. The molecule has 2 N–H and O–H groups in total. The highest BCUT2D eigenvalue weighted by atomic mass is 16.3. The van der Waals surface area contributed by atoms with Crippen LogP contribution in [0, 0.1) is 23.2 Å². The number of carbonyl (C=O) groups excluding carboxylic acids is 1. The van der Waals surface area contributed by atoms with Gasteiger partial charge in [0.05, 0.1) is 5.60 Å². The van der Waals surface area contributed by atoms with E-state index in [1.807, 2.05) is 20.8 Å². The lowest BCUT2D eigenvalue weighted by molar-refractivity contribution is -0.107. The number of fused-ring (bicyclic) bond motifs is 2. The molecule has 0 aromatic carbocycles. The van der Waals surface area contributed by atoms with Crippen LogP contribution in [0.1, 0.15) is 40.5 Å². The zero-order valence-electron chi connectivity index (χ0n) is 11.7. The fourth-order valence-corrected chi connectivity index (χ4v) is 4.25. The summed E-state index contributed by atoms with van der Waals surface area (Å²) in [5.74, 6) is 0.134. The SMILES string of the molecule is CC1=C(C=O)C2C(C(C)(C)O)CCC1(C)C2CO. The first-order valence-corrected chi connectivity index (χ1v) is 6.77. The van der Waals surface area contributed by atoms with Crippen LogP contribution >= 0.6 is 0 Å². The summed E-state index contributed by atoms with van der Waals surface area (Å²) >= 11 is 0. The van der Waals surface area contributed by atoms with Gasteiger partial charge in [-0.2, -0.15) is 0 Å². The first-order valence-electron chi connectivity index (χ1n) is 6.77. The monoisotopic (exact) mass is 252 g/mol. The summed E-state index contributed by atoms with van der Waals surface area (Å²) in [6, 6.07) is 0. The Kier molecular flexibility index (Phi) is 3.19. The van der Waals surface area contributed by atoms with E-state index in [9.17, 15) is 15.0 Å². The van der Waals surface area contributed by atoms with Crippen LogP contribution in [0.15, 0.2) is 11.1 Å². The molecule has 2 rings (SSSR count). The predicted octanol–water partition coefficient (Wildman–Crippen LogP) is 1.93. The number of allylic oxidation sites excluding steroid dienone is 2. The molecule has 0 radical (unpaired) electrons. The van der Waals surface area contributed by atoms with Gasteiger partial charge in [-0.3, -0.25) is 4.79 Å². The van der Waals surface area contributed by atoms with Crippen molar-refractivity contribution in [3.63, 3.8) is 0 Å². The lowest BCUT2D eigenvalue weighted by Crippen LogP contribution is -2.46. The van der Waals surface area contributed by atoms with Crippen molar-refractivity contribution in [1.82, 2.24) is 0 Å². The minimum Gasteiger partial charge on any atom is -0.396 e. The molecule has 2 aliphatic carbocycles. The highest BCUT2D eigenvalue weighted by molar-refractivity contribution is 5.77. The number of rotatable bonds is 3. The molecule has 4 atom stereocenters. The van der Waals surface area contributed by atoms with Gasteiger partial charge >= 0.3 is 0 Å². The molecule has 18 heavy (non-hydrogen) atoms. The van der Waals surface area contributed by atoms with E-state index in [-0.39, 0.29) is 29.8 Å². The van der Waals surface area contributed by atoms with Gasteiger partial charge in [0.2, 0.25) is 0 Å². The number of carbonyl (C=O) groups is 1. The van der Waals surface area contributed by atoms with Gasteiger partial charge in [-0.05, 0) is 62.4 Å². The molecule has 0 aliphatic heterocycles. The van der Waals surface area contributed by atoms with Crippen LogP contribution < -0.4 is 0 Å². The molecule has 3 nitrogen and oxygen atoms in total. The van der Waals surface area contributed by atoms with E-state index >= 15 is 0 Å². The Hall–Kier alpha value is -0.670. The molecule has 102 valence electrons. The van der Waals surface area contributed by atoms with E-state index < -0.39 is 5.60 Å². The third-order valence-corrected chi connectivity index (χ3v) is 5.54. The van der Waals surface area contributed by atoms with E-state index in [1.54, 1.807) is 0 Å². The van der Waals surface area contributed by atoms with E-state index in [1.165, 1.54) is 0 Å². The van der Waals surface area contributed by atoms with Gasteiger partial charge in [-0.1, -0.05) is 12.5 Å². The Morgan fingerprint density at radius 2 is 2.11 bits per heavy atom. The van der Waals surface area contributed by atoms with E-state index in [4.69, 9.17) is 0 Å². The molecule has 3 heteroatoms. The fourth-order valence-electron chi connectivity index (χ4n) is 4.25. The molecule has 1 fully saturated rings. The second-order valence-electron chi connectivity index (χ2n) is 6.73. The maximum absolute atomic E-state index is 11.4. The molecular formula is C15H24O3. The van der Waals surface area contributed by atoms with Crippen molar-refractivity contribution in [1.29, 1.82) is 0 Å². The Morgan fingerprint density at radius 1 is 1.50 bits per heavy atom. The zero-order chi connectivity index (χ0) is 13.7. The Balaban J connectivity index is 2.51. The minimum absolute atomic E-state index is 0.00579. The summed E-state index contributed by atoms with van der Waals surface area (Å²) in [6.45, 7) is 7.87. The summed E-state index contributed by atoms with van der Waals surface area (Å²) in [7, 11) is 0. The van der Waals surface area contributed by atoms with Crippen LogP contribution in [0.3, 0.4) is 0 Å². The number of hydrogen-bond acceptors (Lipinski definition) is 3. The van der Waals surface area contributed by atoms with Crippen LogP contribution in [-0.2, 0) is 4.79 Å². The Bertz CT molecular complexity index is 391. The lowest BCUT2D eigenvalue weighted by atomic mass is 9.59. The molecule has 4 unspecified atom stereocenters. The summed E-state index contributed by atoms with van der Waals surface area (Å²) in [5, 5.41) is 20.1. The fraction of sp³-hybridized carbons (Fsp3) is 0.800. The first kappa shape index (κ1) is 13.8. The second-order valence-corrected chi connectivity index (χ2v) is 6.73. The number of aliphatic hydroxyl groups is 2. The van der Waals surface area contributed by atoms with E-state index in [0.717, 1.165) is 30.3 Å². The quantitative estimate of drug-likeness (QED) is 0.755. The standard InChI is InChI=1S/C15H24O3/c1-9-10(7-16)13-11(14(2,3)18)5-6-15(9,4)12(13)8-17/h7,11-13,17-18H,5-6,8H2,1-4H3. The molecule has 0 aromatic heterocycles. The van der Waals surface area contributed by atoms with Crippen LogP contribution in [0.4, 0.5) is 0 Å². The van der Waals surface area contributed by atoms with Crippen LogP contribution in [0.25, 0.3) is 0 Å². The van der Waals surface area contributed by atoms with Gasteiger partial charge in [-0.25, -0.2) is 0 Å². The van der Waals surface area contributed by atoms with Crippen molar-refractivity contribution in [3.05, 3.63) is 11.1 Å². The van der Waals surface area contributed by atoms with Gasteiger partial charge in [0.15, 0.2) is 0 Å². The third-order valence-electron chi connectivity index (χ3n) is 5.54. The molecule has 0 heterocycles. The molecule has 2 aliphatic rings. The second kappa shape index (κ2) is 4.17. The maximum Gasteiger partial charge on any atom is 0.146 e. The van der Waals surface area contributed by atoms with Gasteiger partial charge < -0.3 is 10.2 Å². The average Bonchev–Trinajstić information content (AvgIpc) is 2.40. The maximum atomic E-state index is 11.4. The van der Waals surface area contributed by atoms with Gasteiger partial charge in [-0.15, -0.1) is 0 Å². The highest BCUT2D eigenvalue weighted by Gasteiger charge is 2.56. The molecular weight excluding hydrogens is 228 g/mol. The molecule has 0 spiro atoms. The van der Waals surface area contributed by atoms with Crippen LogP contribution in [0.5, 0.6) is 0 Å². The third kappa shape index (κ3) is 1.68. The lowest BCUT2D eigenvalue weighted by Gasteiger charge is -2.47. The minimum atomic E-state index is -0.807. The van der Waals surface area contributed by atoms with Crippen molar-refractivity contribution >= 4 is 6.29 Å². The van der Waals surface area contributed by atoms with Crippen molar-refractivity contribution in [2.75, 3.05) is 6.61 Å². The van der Waals surface area contributed by atoms with Crippen LogP contribution in [-0.4, -0.2) is 28.7 Å². The summed E-state index contributed by atoms with van der Waals surface area (Å²) < 4.78 is 0. The topological polar surface area (TPSA) is 57.5 Å². The van der Waals surface area contributed by atoms with Gasteiger partial charge in [0.1, 0.15) is 6.29 Å². The highest BCUT2D eigenvalue weighted by Crippen LogP contribution is 2.61. The van der Waals surface area contributed by atoms with Crippen LogP contribution in [0.2, 0.25) is 0 Å². The average molecular weight is 252 g/mol. The number of hydrogen-bond donors (Lipinski definition) is 2. The summed E-state index contributed by atoms with van der Waals surface area (Å²) in [5.41, 5.74) is 1.06. The van der Waals surface area contributed by atoms with Gasteiger partial charge in [0, 0.05) is 6.61 Å². The molecule has 0 saturated heterocycles. The van der Waals surface area contributed by atoms with Crippen molar-refractivity contribution in [2.24, 2.45) is 23.2 Å². The van der Waals surface area contributed by atoms with Gasteiger partial charge in [0.25, 0.3) is 0 Å². The van der Waals surface area contributed by atoms with Crippen molar-refractivity contribution in [2.45, 2.75) is 46.1 Å². The summed E-state index contributed by atoms with van der Waals surface area (Å²) in [6.07, 6.45) is 2.79. The molecule has 1 saturated carbocycles. The van der Waals surface area contributed by atoms with Crippen molar-refractivity contribution in [3.8, 4) is 0 Å².